The van der Waals surface area contributed by atoms with E-state index in [4.69, 9.17) is 0 Å². The van der Waals surface area contributed by atoms with E-state index in [0.717, 1.165) is 41.7 Å². The highest BCUT2D eigenvalue weighted by atomic mass is 79.9. The van der Waals surface area contributed by atoms with Crippen LogP contribution >= 0.6 is 15.9 Å². The highest BCUT2D eigenvalue weighted by Crippen LogP contribution is 2.56. The summed E-state index contributed by atoms with van der Waals surface area (Å²) >= 11 is 3.71. The standard InChI is InChI=1S/C22H24BrN5O/c23-16-5-7-20-18(13-16)22(9-2-1-3-10-22)17-12-15(14-29)4-6-19(17)28(20)11-8-21-24-26-27-25-21/h4-7,12-13,29H,1-3,8-11,14H2,(H,24,25,26,27). The Kier molecular flexibility index (Phi) is 4.87. The smallest absolute Gasteiger partial charge is 0.150 e. The van der Waals surface area contributed by atoms with Crippen LogP contribution in [0.2, 0.25) is 0 Å². The molecule has 1 aliphatic heterocycles. The predicted molar refractivity (Wildman–Crippen MR) is 115 cm³/mol. The number of nitrogens with zero attached hydrogens (tertiary/aromatic N) is 4. The molecule has 0 radical (unpaired) electrons. The number of rotatable bonds is 4. The van der Waals surface area contributed by atoms with Crippen molar-refractivity contribution in [2.24, 2.45) is 0 Å². The lowest BCUT2D eigenvalue weighted by atomic mass is 9.62. The Morgan fingerprint density at radius 1 is 1.03 bits per heavy atom. The first-order valence-corrected chi connectivity index (χ1v) is 11.0. The lowest BCUT2D eigenvalue weighted by Crippen LogP contribution is -2.39. The molecule has 29 heavy (non-hydrogen) atoms. The molecular weight excluding hydrogens is 430 g/mol. The van der Waals surface area contributed by atoms with Crippen LogP contribution in [0.25, 0.3) is 0 Å². The summed E-state index contributed by atoms with van der Waals surface area (Å²) in [6.45, 7) is 0.853. The zero-order valence-electron chi connectivity index (χ0n) is 16.2. The zero-order valence-corrected chi connectivity index (χ0v) is 17.8. The van der Waals surface area contributed by atoms with Gasteiger partial charge in [-0.2, -0.15) is 0 Å². The average Bonchev–Trinajstić information content (AvgIpc) is 3.28. The number of aromatic amines is 1. The van der Waals surface area contributed by atoms with Crippen molar-refractivity contribution in [3.8, 4) is 0 Å². The normalized spacial score (nSPS) is 17.2. The molecule has 2 N–H and O–H groups in total. The summed E-state index contributed by atoms with van der Waals surface area (Å²) in [4.78, 5) is 2.39. The first-order chi connectivity index (χ1) is 14.2. The van der Waals surface area contributed by atoms with E-state index >= 15 is 0 Å². The van der Waals surface area contributed by atoms with Gasteiger partial charge in [-0.1, -0.05) is 47.3 Å². The summed E-state index contributed by atoms with van der Waals surface area (Å²) in [5.74, 6) is 0.787. The molecule has 0 atom stereocenters. The SMILES string of the molecule is OCc1ccc2c(c1)C1(CCCCC1)c1cc(Br)ccc1N2CCc1nnn[nH]1. The number of fused-ring (bicyclic) bond motifs is 4. The average molecular weight is 454 g/mol. The molecule has 0 bridgehead atoms. The van der Waals surface area contributed by atoms with Gasteiger partial charge in [-0.25, -0.2) is 5.10 Å². The van der Waals surface area contributed by atoms with Crippen LogP contribution in [0, 0.1) is 0 Å². The van der Waals surface area contributed by atoms with Crippen LogP contribution in [-0.2, 0) is 18.4 Å². The number of tetrazole rings is 1. The van der Waals surface area contributed by atoms with Gasteiger partial charge in [-0.3, -0.25) is 0 Å². The second-order valence-electron chi connectivity index (χ2n) is 8.06. The Labute approximate surface area is 178 Å². The molecule has 5 rings (SSSR count). The predicted octanol–water partition coefficient (Wildman–Crippen LogP) is 4.40. The highest BCUT2D eigenvalue weighted by Gasteiger charge is 2.44. The van der Waals surface area contributed by atoms with E-state index in [1.165, 1.54) is 41.8 Å². The third kappa shape index (κ3) is 3.16. The lowest BCUT2D eigenvalue weighted by Gasteiger charge is -2.48. The first kappa shape index (κ1) is 18.8. The van der Waals surface area contributed by atoms with E-state index in [2.05, 4.69) is 71.8 Å². The second-order valence-corrected chi connectivity index (χ2v) is 8.98. The molecule has 2 heterocycles. The van der Waals surface area contributed by atoms with Crippen molar-refractivity contribution < 1.29 is 5.11 Å². The number of anilines is 2. The van der Waals surface area contributed by atoms with Gasteiger partial charge in [0.1, 0.15) is 5.82 Å². The van der Waals surface area contributed by atoms with E-state index in [1.54, 1.807) is 0 Å². The molecule has 1 saturated carbocycles. The van der Waals surface area contributed by atoms with E-state index in [9.17, 15) is 5.11 Å². The second kappa shape index (κ2) is 7.54. The molecular formula is C22H24BrN5O. The largest absolute Gasteiger partial charge is 0.392 e. The fourth-order valence-corrected chi connectivity index (χ4v) is 5.50. The Morgan fingerprint density at radius 3 is 2.52 bits per heavy atom. The van der Waals surface area contributed by atoms with Crippen molar-refractivity contribution in [2.75, 3.05) is 11.4 Å². The van der Waals surface area contributed by atoms with E-state index in [1.807, 2.05) is 6.07 Å². The summed E-state index contributed by atoms with van der Waals surface area (Å²) in [7, 11) is 0. The maximum Gasteiger partial charge on any atom is 0.150 e. The Morgan fingerprint density at radius 2 is 1.79 bits per heavy atom. The van der Waals surface area contributed by atoms with Crippen LogP contribution in [-0.4, -0.2) is 32.3 Å². The van der Waals surface area contributed by atoms with Crippen molar-refractivity contribution in [1.29, 1.82) is 0 Å². The number of benzene rings is 2. The maximum absolute atomic E-state index is 9.81. The molecule has 3 aromatic rings. The van der Waals surface area contributed by atoms with Crippen molar-refractivity contribution >= 4 is 27.3 Å². The van der Waals surface area contributed by atoms with Crippen LogP contribution in [0.1, 0.15) is 54.6 Å². The summed E-state index contributed by atoms with van der Waals surface area (Å²) < 4.78 is 1.11. The number of hydrogen-bond acceptors (Lipinski definition) is 5. The topological polar surface area (TPSA) is 77.9 Å². The van der Waals surface area contributed by atoms with Gasteiger partial charge in [0.15, 0.2) is 0 Å². The van der Waals surface area contributed by atoms with Crippen molar-refractivity contribution in [3.63, 3.8) is 0 Å². The maximum atomic E-state index is 9.81. The van der Waals surface area contributed by atoms with Gasteiger partial charge in [0.25, 0.3) is 0 Å². The molecule has 1 fully saturated rings. The fourth-order valence-electron chi connectivity index (χ4n) is 5.14. The van der Waals surface area contributed by atoms with Gasteiger partial charge in [-0.05, 0) is 64.2 Å². The highest BCUT2D eigenvalue weighted by molar-refractivity contribution is 9.10. The van der Waals surface area contributed by atoms with Crippen LogP contribution < -0.4 is 4.90 Å². The molecule has 2 aliphatic rings. The minimum atomic E-state index is 0.0160. The van der Waals surface area contributed by atoms with E-state index < -0.39 is 0 Å². The van der Waals surface area contributed by atoms with Gasteiger partial charge in [0, 0.05) is 34.2 Å². The fraction of sp³-hybridized carbons (Fsp3) is 0.409. The zero-order chi connectivity index (χ0) is 19.8. The summed E-state index contributed by atoms with van der Waals surface area (Å²) in [5.41, 5.74) is 6.25. The van der Waals surface area contributed by atoms with Gasteiger partial charge < -0.3 is 10.0 Å². The Bertz CT molecular complexity index is 1010. The molecule has 1 spiro atoms. The van der Waals surface area contributed by atoms with Crippen LogP contribution in [0.3, 0.4) is 0 Å². The molecule has 2 aromatic carbocycles. The van der Waals surface area contributed by atoms with Crippen molar-refractivity contribution in [3.05, 3.63) is 63.4 Å². The molecule has 150 valence electrons. The minimum absolute atomic E-state index is 0.0160. The van der Waals surface area contributed by atoms with Gasteiger partial charge in [0.2, 0.25) is 0 Å². The number of aliphatic hydroxyl groups excluding tert-OH is 1. The van der Waals surface area contributed by atoms with E-state index in [0.29, 0.717) is 0 Å². The van der Waals surface area contributed by atoms with Crippen LogP contribution in [0.15, 0.2) is 40.9 Å². The molecule has 0 saturated heterocycles. The number of halogens is 1. The molecule has 1 aromatic heterocycles. The third-order valence-electron chi connectivity index (χ3n) is 6.48. The van der Waals surface area contributed by atoms with Gasteiger partial charge in [-0.15, -0.1) is 5.10 Å². The van der Waals surface area contributed by atoms with Gasteiger partial charge >= 0.3 is 0 Å². The molecule has 0 unspecified atom stereocenters. The molecule has 1 aliphatic carbocycles. The number of aliphatic hydroxyl groups is 1. The van der Waals surface area contributed by atoms with E-state index in [-0.39, 0.29) is 12.0 Å². The monoisotopic (exact) mass is 453 g/mol. The quantitative estimate of drug-likeness (QED) is 0.611. The summed E-state index contributed by atoms with van der Waals surface area (Å²) in [6, 6.07) is 13.1. The molecule has 6 nitrogen and oxygen atoms in total. The number of aromatic nitrogens is 4. The third-order valence-corrected chi connectivity index (χ3v) is 6.98. The first-order valence-electron chi connectivity index (χ1n) is 10.3. The van der Waals surface area contributed by atoms with Crippen molar-refractivity contribution in [2.45, 2.75) is 50.5 Å². The summed E-state index contributed by atoms with van der Waals surface area (Å²) in [6.07, 6.45) is 6.80. The summed E-state index contributed by atoms with van der Waals surface area (Å²) in [5, 5.41) is 24.1. The van der Waals surface area contributed by atoms with Crippen molar-refractivity contribution in [1.82, 2.24) is 20.6 Å². The number of H-pyrrole nitrogens is 1. The molecule has 7 heteroatoms. The Hall–Kier alpha value is -2.25. The number of nitrogens with one attached hydrogen (secondary N) is 1. The van der Waals surface area contributed by atoms with Crippen LogP contribution in [0.4, 0.5) is 11.4 Å². The van der Waals surface area contributed by atoms with Crippen LogP contribution in [0.5, 0.6) is 0 Å². The lowest BCUT2D eigenvalue weighted by molar-refractivity contribution is 0.281. The Balaban J connectivity index is 1.67. The number of hydrogen-bond donors (Lipinski definition) is 2. The van der Waals surface area contributed by atoms with Gasteiger partial charge in [0.05, 0.1) is 6.61 Å². The molecule has 0 amide bonds. The minimum Gasteiger partial charge on any atom is -0.392 e.